The van der Waals surface area contributed by atoms with Crippen LogP contribution in [0.25, 0.3) is 0 Å². The number of ether oxygens (including phenoxy) is 1. The van der Waals surface area contributed by atoms with Crippen LogP contribution in [0.4, 0.5) is 10.1 Å². The number of carbonyl (C=O) groups is 2. The molecule has 0 spiro atoms. The molecule has 0 aliphatic heterocycles. The van der Waals surface area contributed by atoms with E-state index in [1.54, 1.807) is 6.07 Å². The number of nitrogens with one attached hydrogen (secondary N) is 1. The molecule has 0 aliphatic rings. The summed E-state index contributed by atoms with van der Waals surface area (Å²) in [6.45, 7) is 4.89. The lowest BCUT2D eigenvalue weighted by Gasteiger charge is -2.32. The summed E-state index contributed by atoms with van der Waals surface area (Å²) in [4.78, 5) is 27.9. The van der Waals surface area contributed by atoms with Crippen molar-refractivity contribution in [3.63, 3.8) is 0 Å². The maximum absolute atomic E-state index is 14.6. The minimum absolute atomic E-state index is 0.0700. The second-order valence-electron chi connectivity index (χ2n) is 9.59. The van der Waals surface area contributed by atoms with Crippen molar-refractivity contribution < 1.29 is 27.1 Å². The van der Waals surface area contributed by atoms with Crippen molar-refractivity contribution in [3.05, 3.63) is 89.2 Å². The first-order valence-electron chi connectivity index (χ1n) is 12.7. The maximum Gasteiger partial charge on any atom is 0.264 e. The molecule has 40 heavy (non-hydrogen) atoms. The van der Waals surface area contributed by atoms with Gasteiger partial charge < -0.3 is 15.0 Å². The van der Waals surface area contributed by atoms with E-state index < -0.39 is 40.2 Å². The Morgan fingerprint density at radius 2 is 1.60 bits per heavy atom. The molecule has 1 atom stereocenters. The molecule has 0 aromatic heterocycles. The summed E-state index contributed by atoms with van der Waals surface area (Å²) in [5, 5.41) is 3.17. The van der Waals surface area contributed by atoms with Gasteiger partial charge in [0.05, 0.1) is 17.7 Å². The zero-order valence-electron chi connectivity index (χ0n) is 22.8. The molecule has 0 saturated heterocycles. The van der Waals surface area contributed by atoms with E-state index in [4.69, 9.17) is 16.3 Å². The molecular weight excluding hydrogens is 557 g/mol. The first kappa shape index (κ1) is 30.9. The van der Waals surface area contributed by atoms with E-state index in [0.29, 0.717) is 17.3 Å². The highest BCUT2D eigenvalue weighted by molar-refractivity contribution is 7.92. The number of halogens is 2. The van der Waals surface area contributed by atoms with Crippen LogP contribution in [0.5, 0.6) is 5.75 Å². The van der Waals surface area contributed by atoms with Gasteiger partial charge in [0.2, 0.25) is 11.8 Å². The first-order chi connectivity index (χ1) is 18.9. The van der Waals surface area contributed by atoms with Crippen LogP contribution in [-0.2, 0) is 26.2 Å². The van der Waals surface area contributed by atoms with Crippen molar-refractivity contribution in [2.45, 2.75) is 38.3 Å². The van der Waals surface area contributed by atoms with E-state index in [1.165, 1.54) is 85.7 Å². The lowest BCUT2D eigenvalue weighted by molar-refractivity contribution is -0.139. The zero-order valence-corrected chi connectivity index (χ0v) is 24.4. The van der Waals surface area contributed by atoms with Crippen LogP contribution in [0, 0.1) is 11.7 Å². The Morgan fingerprint density at radius 1 is 0.975 bits per heavy atom. The van der Waals surface area contributed by atoms with Crippen LogP contribution in [-0.4, -0.2) is 51.4 Å². The van der Waals surface area contributed by atoms with Crippen molar-refractivity contribution in [3.8, 4) is 5.75 Å². The van der Waals surface area contributed by atoms with Gasteiger partial charge in [-0.2, -0.15) is 0 Å². The van der Waals surface area contributed by atoms with Gasteiger partial charge in [0.1, 0.15) is 24.2 Å². The highest BCUT2D eigenvalue weighted by Gasteiger charge is 2.33. The number of hydrogen-bond acceptors (Lipinski definition) is 5. The fraction of sp³-hybridized carbons (Fsp3) is 0.310. The molecule has 11 heteroatoms. The van der Waals surface area contributed by atoms with E-state index in [0.717, 1.165) is 4.31 Å². The van der Waals surface area contributed by atoms with Gasteiger partial charge in [0.15, 0.2) is 0 Å². The van der Waals surface area contributed by atoms with Crippen LogP contribution in [0.15, 0.2) is 77.7 Å². The smallest absolute Gasteiger partial charge is 0.264 e. The zero-order chi connectivity index (χ0) is 29.4. The average molecular weight is 590 g/mol. The molecule has 3 rings (SSSR count). The fourth-order valence-electron chi connectivity index (χ4n) is 3.86. The first-order valence-corrected chi connectivity index (χ1v) is 14.5. The number of rotatable bonds is 12. The minimum atomic E-state index is -4.26. The van der Waals surface area contributed by atoms with Crippen LogP contribution in [0.1, 0.15) is 26.3 Å². The van der Waals surface area contributed by atoms with Gasteiger partial charge in [-0.3, -0.25) is 13.9 Å². The van der Waals surface area contributed by atoms with Gasteiger partial charge in [-0.15, -0.1) is 0 Å². The highest BCUT2D eigenvalue weighted by atomic mass is 35.5. The van der Waals surface area contributed by atoms with Gasteiger partial charge in [0.25, 0.3) is 10.0 Å². The Kier molecular flexibility index (Phi) is 10.5. The Balaban J connectivity index is 2.02. The number of anilines is 1. The largest absolute Gasteiger partial charge is 0.497 e. The topological polar surface area (TPSA) is 96.0 Å². The summed E-state index contributed by atoms with van der Waals surface area (Å²) < 4.78 is 48.3. The standard InChI is InChI=1S/C29H33ClFN3O5S/c1-20(2)17-32-29(36)21(3)33(18-22-7-5-6-8-27(22)31)28(35)19-34(24-11-9-23(30)10-12-24)40(37,38)26-15-13-25(39-4)14-16-26/h5-16,20-21H,17-19H2,1-4H3,(H,32,36). The van der Waals surface area contributed by atoms with Crippen molar-refractivity contribution in [1.29, 1.82) is 0 Å². The third kappa shape index (κ3) is 7.73. The second-order valence-corrected chi connectivity index (χ2v) is 11.9. The van der Waals surface area contributed by atoms with Crippen LogP contribution < -0.4 is 14.4 Å². The summed E-state index contributed by atoms with van der Waals surface area (Å²) in [6.07, 6.45) is 0. The van der Waals surface area contributed by atoms with Crippen molar-refractivity contribution in [1.82, 2.24) is 10.2 Å². The van der Waals surface area contributed by atoms with Crippen LogP contribution in [0.2, 0.25) is 5.02 Å². The lowest BCUT2D eigenvalue weighted by Crippen LogP contribution is -2.51. The number of carbonyl (C=O) groups excluding carboxylic acids is 2. The quantitative estimate of drug-likeness (QED) is 0.325. The lowest BCUT2D eigenvalue weighted by atomic mass is 10.1. The normalized spacial score (nSPS) is 12.1. The molecule has 214 valence electrons. The monoisotopic (exact) mass is 589 g/mol. The van der Waals surface area contributed by atoms with Gasteiger partial charge in [-0.1, -0.05) is 43.6 Å². The SMILES string of the molecule is COc1ccc(S(=O)(=O)N(CC(=O)N(Cc2ccccc2F)C(C)C(=O)NCC(C)C)c2ccc(Cl)cc2)cc1. The van der Waals surface area contributed by atoms with Gasteiger partial charge in [0, 0.05) is 23.7 Å². The summed E-state index contributed by atoms with van der Waals surface area (Å²) in [5.41, 5.74) is 0.381. The molecule has 0 bridgehead atoms. The summed E-state index contributed by atoms with van der Waals surface area (Å²) in [6, 6.07) is 16.6. The number of amides is 2. The van der Waals surface area contributed by atoms with Crippen molar-refractivity contribution in [2.75, 3.05) is 24.5 Å². The van der Waals surface area contributed by atoms with E-state index in [2.05, 4.69) is 5.32 Å². The molecule has 1 N–H and O–H groups in total. The molecule has 0 fully saturated rings. The molecular formula is C29H33ClFN3O5S. The van der Waals surface area contributed by atoms with Crippen molar-refractivity contribution >= 4 is 39.1 Å². The van der Waals surface area contributed by atoms with E-state index >= 15 is 0 Å². The minimum Gasteiger partial charge on any atom is -0.497 e. The molecule has 1 unspecified atom stereocenters. The third-order valence-electron chi connectivity index (χ3n) is 6.19. The van der Waals surface area contributed by atoms with Crippen LogP contribution in [0.3, 0.4) is 0 Å². The Bertz CT molecular complexity index is 1420. The van der Waals surface area contributed by atoms with Gasteiger partial charge in [-0.05, 0) is 67.4 Å². The third-order valence-corrected chi connectivity index (χ3v) is 8.23. The number of hydrogen-bond donors (Lipinski definition) is 1. The summed E-state index contributed by atoms with van der Waals surface area (Å²) >= 11 is 6.03. The van der Waals surface area contributed by atoms with Gasteiger partial charge in [-0.25, -0.2) is 12.8 Å². The highest BCUT2D eigenvalue weighted by Crippen LogP contribution is 2.27. The van der Waals surface area contributed by atoms with Gasteiger partial charge >= 0.3 is 0 Å². The molecule has 3 aromatic rings. The van der Waals surface area contributed by atoms with E-state index in [-0.39, 0.29) is 28.6 Å². The Hall–Kier alpha value is -3.63. The molecule has 8 nitrogen and oxygen atoms in total. The molecule has 0 radical (unpaired) electrons. The second kappa shape index (κ2) is 13.6. The number of benzene rings is 3. The number of nitrogens with zero attached hydrogens (tertiary/aromatic N) is 2. The average Bonchev–Trinajstić information content (AvgIpc) is 2.94. The molecule has 3 aromatic carbocycles. The predicted octanol–water partition coefficient (Wildman–Crippen LogP) is 4.87. The van der Waals surface area contributed by atoms with E-state index in [9.17, 15) is 22.4 Å². The van der Waals surface area contributed by atoms with E-state index in [1.807, 2.05) is 13.8 Å². The van der Waals surface area contributed by atoms with Crippen molar-refractivity contribution in [2.24, 2.45) is 5.92 Å². The summed E-state index contributed by atoms with van der Waals surface area (Å²) in [5.74, 6) is -1.04. The maximum atomic E-state index is 14.6. The molecule has 0 heterocycles. The summed E-state index contributed by atoms with van der Waals surface area (Å²) in [7, 11) is -2.79. The Morgan fingerprint density at radius 3 is 2.17 bits per heavy atom. The Labute approximate surface area is 239 Å². The molecule has 0 saturated carbocycles. The molecule has 2 amide bonds. The number of methoxy groups -OCH3 is 1. The molecule has 0 aliphatic carbocycles. The number of sulfonamides is 1. The fourth-order valence-corrected chi connectivity index (χ4v) is 5.40. The predicted molar refractivity (Wildman–Crippen MR) is 153 cm³/mol. The van der Waals surface area contributed by atoms with Crippen LogP contribution >= 0.6 is 11.6 Å².